The minimum atomic E-state index is -3.81. The number of hydrogen-bond donors (Lipinski definition) is 2. The molecule has 48 heavy (non-hydrogen) atoms. The molecule has 1 atom stereocenters. The topological polar surface area (TPSA) is 153 Å². The Labute approximate surface area is 275 Å². The Kier molecular flexibility index (Phi) is 9.31. The second-order valence-corrected chi connectivity index (χ2v) is 13.1. The summed E-state index contributed by atoms with van der Waals surface area (Å²) >= 11 is 0. The molecule has 11 heteroatoms. The predicted molar refractivity (Wildman–Crippen MR) is 183 cm³/mol. The van der Waals surface area contributed by atoms with Gasteiger partial charge < -0.3 is 24.3 Å². The van der Waals surface area contributed by atoms with E-state index >= 15 is 0 Å². The quantitative estimate of drug-likeness (QED) is 0.0830. The molecule has 0 saturated carbocycles. The van der Waals surface area contributed by atoms with E-state index in [1.54, 1.807) is 66.7 Å². The van der Waals surface area contributed by atoms with Crippen molar-refractivity contribution in [2.75, 3.05) is 23.7 Å². The van der Waals surface area contributed by atoms with Crippen molar-refractivity contribution in [1.29, 1.82) is 0 Å². The molecule has 2 N–H and O–H groups in total. The summed E-state index contributed by atoms with van der Waals surface area (Å²) in [6, 6.07) is 29.7. The number of rotatable bonds is 13. The second-order valence-electron chi connectivity index (χ2n) is 11.1. The number of aldehydes is 1. The van der Waals surface area contributed by atoms with Gasteiger partial charge in [0.15, 0.2) is 5.78 Å². The van der Waals surface area contributed by atoms with Crippen molar-refractivity contribution < 1.29 is 26.8 Å². The van der Waals surface area contributed by atoms with E-state index in [9.17, 15) is 27.6 Å². The summed E-state index contributed by atoms with van der Waals surface area (Å²) < 4.78 is 37.1. The van der Waals surface area contributed by atoms with Gasteiger partial charge in [0.1, 0.15) is 23.0 Å². The number of ketones is 1. The number of sulfone groups is 1. The lowest BCUT2D eigenvalue weighted by molar-refractivity contribution is -0.109. The maximum atomic E-state index is 13.3. The van der Waals surface area contributed by atoms with Crippen LogP contribution in [0.2, 0.25) is 0 Å². The van der Waals surface area contributed by atoms with Crippen molar-refractivity contribution in [3.05, 3.63) is 141 Å². The summed E-state index contributed by atoms with van der Waals surface area (Å²) in [5.41, 5.74) is 1.17. The molecule has 0 aliphatic rings. The highest BCUT2D eigenvalue weighted by molar-refractivity contribution is 7.91. The van der Waals surface area contributed by atoms with Crippen LogP contribution >= 0.6 is 0 Å². The van der Waals surface area contributed by atoms with Crippen LogP contribution in [-0.4, -0.2) is 33.6 Å². The molecule has 242 valence electrons. The molecule has 2 heterocycles. The van der Waals surface area contributed by atoms with E-state index < -0.39 is 27.0 Å². The number of nitrogens with one attached hydrogen (secondary N) is 2. The smallest absolute Gasteiger partial charge is 0.347 e. The molecular weight excluding hydrogens is 632 g/mol. The van der Waals surface area contributed by atoms with Crippen LogP contribution in [0.25, 0.3) is 21.9 Å². The number of benzene rings is 4. The molecule has 2 aromatic heterocycles. The largest absolute Gasteiger partial charge is 0.423 e. The van der Waals surface area contributed by atoms with Crippen LogP contribution in [0.15, 0.2) is 137 Å². The molecule has 1 unspecified atom stereocenters. The maximum absolute atomic E-state index is 13.3. The average Bonchev–Trinajstić information content (AvgIpc) is 3.10. The monoisotopic (exact) mass is 662 g/mol. The van der Waals surface area contributed by atoms with Crippen molar-refractivity contribution in [2.24, 2.45) is 0 Å². The van der Waals surface area contributed by atoms with Gasteiger partial charge in [-0.25, -0.2) is 18.0 Å². The molecule has 0 saturated heterocycles. The molecule has 0 bridgehead atoms. The molecule has 6 aromatic rings. The second kappa shape index (κ2) is 13.9. The van der Waals surface area contributed by atoms with Gasteiger partial charge in [-0.05, 0) is 79.2 Å². The van der Waals surface area contributed by atoms with Gasteiger partial charge >= 0.3 is 11.3 Å². The number of para-hydroxylation sites is 2. The normalized spacial score (nSPS) is 12.1. The fourth-order valence-corrected chi connectivity index (χ4v) is 6.62. The Morgan fingerprint density at radius 2 is 1.21 bits per heavy atom. The van der Waals surface area contributed by atoms with E-state index in [4.69, 9.17) is 8.83 Å². The SMILES string of the molecule is O=CC(CCNc1ccc(S(=O)(=O)c2ccc(NCCC(=O)c3cc4ccccc4oc3=O)cc2)cc1)c1cc2ccccc2oc1=O. The highest BCUT2D eigenvalue weighted by Gasteiger charge is 2.19. The molecule has 0 aliphatic carbocycles. The van der Waals surface area contributed by atoms with Gasteiger partial charge in [-0.15, -0.1) is 0 Å². The number of carbonyl (C=O) groups excluding carboxylic acids is 2. The molecule has 10 nitrogen and oxygen atoms in total. The molecule has 4 aromatic carbocycles. The summed E-state index contributed by atoms with van der Waals surface area (Å²) in [5.74, 6) is -1.03. The molecular formula is C37H30N2O8S. The number of hydrogen-bond acceptors (Lipinski definition) is 10. The lowest BCUT2D eigenvalue weighted by atomic mass is 9.98. The Morgan fingerprint density at radius 1 is 0.688 bits per heavy atom. The third kappa shape index (κ3) is 6.96. The van der Waals surface area contributed by atoms with Gasteiger partial charge in [0.2, 0.25) is 9.84 Å². The van der Waals surface area contributed by atoms with Crippen LogP contribution in [0, 0.1) is 0 Å². The lowest BCUT2D eigenvalue weighted by Gasteiger charge is -2.12. The Morgan fingerprint density at radius 3 is 1.79 bits per heavy atom. The third-order valence-corrected chi connectivity index (χ3v) is 9.75. The van der Waals surface area contributed by atoms with Crippen LogP contribution in [-0.2, 0) is 14.6 Å². The van der Waals surface area contributed by atoms with Crippen LogP contribution in [0.3, 0.4) is 0 Å². The summed E-state index contributed by atoms with van der Waals surface area (Å²) in [4.78, 5) is 49.4. The molecule has 0 amide bonds. The van der Waals surface area contributed by atoms with Gasteiger partial charge in [-0.2, -0.15) is 0 Å². The van der Waals surface area contributed by atoms with E-state index in [-0.39, 0.29) is 39.7 Å². The van der Waals surface area contributed by atoms with Crippen molar-refractivity contribution >= 4 is 55.2 Å². The zero-order valence-electron chi connectivity index (χ0n) is 25.5. The van der Waals surface area contributed by atoms with Crippen LogP contribution < -0.4 is 21.9 Å². The first-order chi connectivity index (χ1) is 23.2. The Hall–Kier alpha value is -5.81. The van der Waals surface area contributed by atoms with Crippen molar-refractivity contribution in [2.45, 2.75) is 28.6 Å². The van der Waals surface area contributed by atoms with Gasteiger partial charge in [0.05, 0.1) is 9.79 Å². The van der Waals surface area contributed by atoms with Gasteiger partial charge in [-0.1, -0.05) is 36.4 Å². The van der Waals surface area contributed by atoms with Crippen molar-refractivity contribution in [3.8, 4) is 0 Å². The third-order valence-electron chi connectivity index (χ3n) is 7.97. The average molecular weight is 663 g/mol. The number of anilines is 2. The van der Waals surface area contributed by atoms with E-state index in [1.165, 1.54) is 30.3 Å². The highest BCUT2D eigenvalue weighted by atomic mass is 32.2. The molecule has 0 radical (unpaired) electrons. The Bertz CT molecular complexity index is 2350. The summed E-state index contributed by atoms with van der Waals surface area (Å²) in [5, 5.41) is 7.64. The van der Waals surface area contributed by atoms with Crippen molar-refractivity contribution in [3.63, 3.8) is 0 Å². The van der Waals surface area contributed by atoms with Crippen LogP contribution in [0.5, 0.6) is 0 Å². The number of fused-ring (bicyclic) bond motifs is 2. The van der Waals surface area contributed by atoms with E-state index in [1.807, 2.05) is 12.1 Å². The fraction of sp³-hybridized carbons (Fsp3) is 0.135. The van der Waals surface area contributed by atoms with Crippen molar-refractivity contribution in [1.82, 2.24) is 0 Å². The minimum Gasteiger partial charge on any atom is -0.423 e. The first-order valence-electron chi connectivity index (χ1n) is 15.2. The predicted octanol–water partition coefficient (Wildman–Crippen LogP) is 6.20. The van der Waals surface area contributed by atoms with Gasteiger partial charge in [0.25, 0.3) is 0 Å². The highest BCUT2D eigenvalue weighted by Crippen LogP contribution is 2.25. The zero-order chi connectivity index (χ0) is 33.7. The first-order valence-corrected chi connectivity index (χ1v) is 16.7. The minimum absolute atomic E-state index is 0.0153. The van der Waals surface area contributed by atoms with Gasteiger partial charge in [-0.3, -0.25) is 4.79 Å². The number of carbonyl (C=O) groups is 2. The first kappa shape index (κ1) is 32.1. The fourth-order valence-electron chi connectivity index (χ4n) is 5.36. The Balaban J connectivity index is 1.02. The summed E-state index contributed by atoms with van der Waals surface area (Å²) in [6.07, 6.45) is 1.10. The standard InChI is InChI=1S/C37H30N2O8S/c40-23-26(31-21-24-5-1-3-7-34(24)46-36(31)42)17-19-38-27-9-13-29(14-10-27)48(44,45)30-15-11-28(12-16-30)39-20-18-33(41)32-22-25-6-2-4-8-35(25)47-37(32)43/h1-16,21-23,26,38-39H,17-20H2. The van der Waals surface area contributed by atoms with Gasteiger partial charge in [0, 0.05) is 53.1 Å². The van der Waals surface area contributed by atoms with Crippen LogP contribution in [0.4, 0.5) is 11.4 Å². The van der Waals surface area contributed by atoms with E-state index in [2.05, 4.69) is 10.6 Å². The van der Waals surface area contributed by atoms with E-state index in [0.29, 0.717) is 40.9 Å². The summed E-state index contributed by atoms with van der Waals surface area (Å²) in [7, 11) is -3.81. The maximum Gasteiger partial charge on any atom is 0.347 e. The molecule has 0 spiro atoms. The number of Topliss-reactive ketones (excluding diaryl/α,β-unsaturated/α-hetero) is 1. The zero-order valence-corrected chi connectivity index (χ0v) is 26.4. The molecule has 0 aliphatic heterocycles. The molecule has 0 fully saturated rings. The molecule has 6 rings (SSSR count). The summed E-state index contributed by atoms with van der Waals surface area (Å²) in [6.45, 7) is 0.590. The lowest BCUT2D eigenvalue weighted by Crippen LogP contribution is -2.17. The van der Waals surface area contributed by atoms with E-state index in [0.717, 1.165) is 11.7 Å². The van der Waals surface area contributed by atoms with Crippen LogP contribution in [0.1, 0.15) is 34.7 Å².